The van der Waals surface area contributed by atoms with Gasteiger partial charge in [-0.05, 0) is 75.3 Å². The van der Waals surface area contributed by atoms with Crippen molar-refractivity contribution in [3.63, 3.8) is 0 Å². The maximum atomic E-state index is 13.5. The maximum Gasteiger partial charge on any atom is 0.404 e. The molecule has 2 aliphatic rings. The summed E-state index contributed by atoms with van der Waals surface area (Å²) in [6, 6.07) is 11.6. The third-order valence-electron chi connectivity index (χ3n) is 7.33. The fraction of sp³-hybridized carbons (Fsp3) is 0.500. The van der Waals surface area contributed by atoms with Gasteiger partial charge in [-0.15, -0.1) is 0 Å². The van der Waals surface area contributed by atoms with Crippen LogP contribution in [-0.4, -0.2) is 46.8 Å². The number of benzene rings is 1. The Labute approximate surface area is 202 Å². The first-order chi connectivity index (χ1) is 16.6. The van der Waals surface area contributed by atoms with Crippen molar-refractivity contribution < 1.29 is 27.5 Å². The van der Waals surface area contributed by atoms with Crippen LogP contribution in [0.4, 0.5) is 18.0 Å². The molecule has 1 aromatic heterocycles. The highest BCUT2D eigenvalue weighted by Gasteiger charge is 2.45. The molecule has 2 saturated carbocycles. The van der Waals surface area contributed by atoms with Crippen molar-refractivity contribution in [2.24, 2.45) is 5.73 Å². The van der Waals surface area contributed by atoms with Crippen LogP contribution in [0.15, 0.2) is 48.7 Å². The molecule has 0 spiro atoms. The van der Waals surface area contributed by atoms with E-state index in [0.717, 1.165) is 25.5 Å². The Balaban J connectivity index is 1.50. The second-order valence-electron chi connectivity index (χ2n) is 9.66. The van der Waals surface area contributed by atoms with Crippen molar-refractivity contribution in [2.45, 2.75) is 75.0 Å². The molecule has 6 nitrogen and oxygen atoms in total. The predicted molar refractivity (Wildman–Crippen MR) is 124 cm³/mol. The van der Waals surface area contributed by atoms with Gasteiger partial charge in [0.1, 0.15) is 6.61 Å². The van der Waals surface area contributed by atoms with Crippen molar-refractivity contribution >= 4 is 12.0 Å². The lowest BCUT2D eigenvalue weighted by atomic mass is 9.70. The summed E-state index contributed by atoms with van der Waals surface area (Å²) in [5.74, 6) is -1.74. The monoisotopic (exact) mass is 489 g/mol. The molecule has 0 bridgehead atoms. The third-order valence-corrected chi connectivity index (χ3v) is 7.33. The molecule has 1 heterocycles. The van der Waals surface area contributed by atoms with E-state index in [4.69, 9.17) is 10.5 Å². The normalized spacial score (nSPS) is 23.4. The van der Waals surface area contributed by atoms with Crippen LogP contribution in [0.3, 0.4) is 0 Å². The average Bonchev–Trinajstić information content (AvgIpc) is 3.68. The molecule has 35 heavy (non-hydrogen) atoms. The highest BCUT2D eigenvalue weighted by atomic mass is 19.4. The Bertz CT molecular complexity index is 1030. The number of hydrogen-bond acceptors (Lipinski definition) is 4. The molecule has 2 N–H and O–H groups in total. The van der Waals surface area contributed by atoms with Gasteiger partial charge in [-0.2, -0.15) is 13.2 Å². The minimum absolute atomic E-state index is 0.00538. The molecular formula is C26H30F3N3O3. The largest absolute Gasteiger partial charge is 0.449 e. The Morgan fingerprint density at radius 1 is 1.09 bits per heavy atom. The number of aromatic nitrogens is 1. The first-order valence-electron chi connectivity index (χ1n) is 11.9. The zero-order valence-corrected chi connectivity index (χ0v) is 19.6. The quantitative estimate of drug-likeness (QED) is 0.570. The van der Waals surface area contributed by atoms with E-state index in [2.05, 4.69) is 4.98 Å². The van der Waals surface area contributed by atoms with Crippen LogP contribution in [0.2, 0.25) is 0 Å². The summed E-state index contributed by atoms with van der Waals surface area (Å²) in [5, 5.41) is 0. The van der Waals surface area contributed by atoms with E-state index in [1.54, 1.807) is 6.20 Å². The summed E-state index contributed by atoms with van der Waals surface area (Å²) in [5.41, 5.74) is 6.13. The molecule has 9 heteroatoms. The number of hydrogen-bond donors (Lipinski definition) is 1. The van der Waals surface area contributed by atoms with Crippen molar-refractivity contribution in [2.75, 3.05) is 6.61 Å². The summed E-state index contributed by atoms with van der Waals surface area (Å²) in [6.45, 7) is 1.24. The van der Waals surface area contributed by atoms with E-state index in [0.29, 0.717) is 31.2 Å². The van der Waals surface area contributed by atoms with E-state index in [9.17, 15) is 22.8 Å². The molecule has 2 fully saturated rings. The number of rotatable bonds is 7. The van der Waals surface area contributed by atoms with E-state index in [-0.39, 0.29) is 30.2 Å². The molecule has 2 aromatic rings. The van der Waals surface area contributed by atoms with Gasteiger partial charge in [0, 0.05) is 35.0 Å². The summed E-state index contributed by atoms with van der Waals surface area (Å²) >= 11 is 0. The van der Waals surface area contributed by atoms with Crippen LogP contribution >= 0.6 is 0 Å². The summed E-state index contributed by atoms with van der Waals surface area (Å²) < 4.78 is 44.4. The molecule has 188 valence electrons. The van der Waals surface area contributed by atoms with E-state index in [1.807, 2.05) is 23.1 Å². The first kappa shape index (κ1) is 25.0. The van der Waals surface area contributed by atoms with Gasteiger partial charge in [0.05, 0.1) is 5.92 Å². The van der Waals surface area contributed by atoms with E-state index in [1.165, 1.54) is 24.3 Å². The summed E-state index contributed by atoms with van der Waals surface area (Å²) in [4.78, 5) is 31.2. The van der Waals surface area contributed by atoms with Crippen molar-refractivity contribution in [3.05, 3.63) is 65.5 Å². The smallest absolute Gasteiger partial charge is 0.404 e. The third kappa shape index (κ3) is 5.60. The number of carbonyl (C=O) groups is 2. The number of alkyl halides is 3. The molecule has 2 aliphatic carbocycles. The lowest BCUT2D eigenvalue weighted by molar-refractivity contribution is -0.146. The maximum absolute atomic E-state index is 13.5. The number of halogens is 3. The van der Waals surface area contributed by atoms with Crippen molar-refractivity contribution in [3.8, 4) is 0 Å². The number of nitrogens with zero attached hydrogens (tertiary/aromatic N) is 2. The second-order valence-corrected chi connectivity index (χ2v) is 9.66. The van der Waals surface area contributed by atoms with E-state index < -0.39 is 23.6 Å². The van der Waals surface area contributed by atoms with Gasteiger partial charge < -0.3 is 15.4 Å². The van der Waals surface area contributed by atoms with Crippen LogP contribution < -0.4 is 5.73 Å². The van der Waals surface area contributed by atoms with Gasteiger partial charge >= 0.3 is 12.3 Å². The number of pyridine rings is 1. The van der Waals surface area contributed by atoms with Gasteiger partial charge in [0.25, 0.3) is 5.91 Å². The zero-order chi connectivity index (χ0) is 25.2. The molecule has 0 saturated heterocycles. The second kappa shape index (κ2) is 9.87. The number of amides is 2. The SMILES string of the molecule is C[C@H](c1ccc(C(=O)N(C2CC2)[C@H]2CC[C@](COC(N)=O)(c3ccccn3)CC2)cc1)C(F)(F)F. The van der Waals surface area contributed by atoms with E-state index >= 15 is 0 Å². The summed E-state index contributed by atoms with van der Waals surface area (Å²) in [7, 11) is 0. The first-order valence-corrected chi connectivity index (χ1v) is 11.9. The number of carbonyl (C=O) groups excluding carboxylic acids is 2. The standard InChI is InChI=1S/C26H30F3N3O3/c1-17(26(27,28)29)18-5-7-19(8-6-18)23(33)32(20-9-10-20)21-11-13-25(14-12-21,16-35-24(30)34)22-4-2-3-15-31-22/h2-8,15,17,20-21H,9-14,16H2,1H3,(H2,30,34)/t17-,21-,25-/m1/s1. The van der Waals surface area contributed by atoms with Crippen molar-refractivity contribution in [1.82, 2.24) is 9.88 Å². The minimum atomic E-state index is -4.33. The topological polar surface area (TPSA) is 85.5 Å². The van der Waals surface area contributed by atoms with Crippen LogP contribution in [0, 0.1) is 0 Å². The van der Waals surface area contributed by atoms with Gasteiger partial charge in [0.2, 0.25) is 0 Å². The average molecular weight is 490 g/mol. The van der Waals surface area contributed by atoms with Crippen LogP contribution in [0.25, 0.3) is 0 Å². The van der Waals surface area contributed by atoms with Crippen LogP contribution in [0.1, 0.15) is 73.0 Å². The molecule has 0 radical (unpaired) electrons. The molecule has 0 unspecified atom stereocenters. The number of primary amides is 1. The lowest BCUT2D eigenvalue weighted by Crippen LogP contribution is -2.48. The van der Waals surface area contributed by atoms with Crippen molar-refractivity contribution in [1.29, 1.82) is 0 Å². The molecule has 2 amide bonds. The predicted octanol–water partition coefficient (Wildman–Crippen LogP) is 5.33. The highest BCUT2D eigenvalue weighted by Crippen LogP contribution is 2.43. The van der Waals surface area contributed by atoms with Gasteiger partial charge in [0.15, 0.2) is 0 Å². The van der Waals surface area contributed by atoms with Gasteiger partial charge in [-0.1, -0.05) is 18.2 Å². The highest BCUT2D eigenvalue weighted by molar-refractivity contribution is 5.95. The number of nitrogens with two attached hydrogens (primary N) is 1. The van der Waals surface area contributed by atoms with Crippen LogP contribution in [0.5, 0.6) is 0 Å². The Morgan fingerprint density at radius 3 is 2.23 bits per heavy atom. The van der Waals surface area contributed by atoms with Gasteiger partial charge in [-0.25, -0.2) is 4.79 Å². The molecular weight excluding hydrogens is 459 g/mol. The Hall–Kier alpha value is -3.10. The fourth-order valence-electron chi connectivity index (χ4n) is 5.03. The molecule has 1 aromatic carbocycles. The lowest BCUT2D eigenvalue weighted by Gasteiger charge is -2.43. The molecule has 4 rings (SSSR count). The summed E-state index contributed by atoms with van der Waals surface area (Å²) in [6.07, 6.45) is 1.11. The number of ether oxygens (including phenoxy) is 1. The molecule has 0 aliphatic heterocycles. The van der Waals surface area contributed by atoms with Crippen LogP contribution in [-0.2, 0) is 10.2 Å². The fourth-order valence-corrected chi connectivity index (χ4v) is 5.03. The minimum Gasteiger partial charge on any atom is -0.449 e. The Kier molecular flexibility index (Phi) is 7.05. The zero-order valence-electron chi connectivity index (χ0n) is 19.6. The Morgan fingerprint density at radius 2 is 1.71 bits per heavy atom. The molecule has 1 atom stereocenters. The van der Waals surface area contributed by atoms with Gasteiger partial charge in [-0.3, -0.25) is 9.78 Å².